The predicted molar refractivity (Wildman–Crippen MR) is 52.3 cm³/mol. The van der Waals surface area contributed by atoms with Gasteiger partial charge < -0.3 is 22.8 Å². The summed E-state index contributed by atoms with van der Waals surface area (Å²) in [7, 11) is 1.50. The first-order chi connectivity index (χ1) is 6.19. The van der Waals surface area contributed by atoms with Crippen LogP contribution in [-0.4, -0.2) is 48.5 Å². The number of hydrogen-bond acceptors (Lipinski definition) is 5. The summed E-state index contributed by atoms with van der Waals surface area (Å²) in [5.41, 5.74) is 0. The Balaban J connectivity index is 2.50. The van der Waals surface area contributed by atoms with Crippen molar-refractivity contribution in [2.45, 2.75) is 31.0 Å². The van der Waals surface area contributed by atoms with E-state index in [2.05, 4.69) is 0 Å². The first-order valence-electron chi connectivity index (χ1n) is 3.97. The van der Waals surface area contributed by atoms with Gasteiger partial charge in [0, 0.05) is 13.5 Å². The third-order valence-corrected chi connectivity index (χ3v) is 2.39. The van der Waals surface area contributed by atoms with Crippen LogP contribution in [-0.2, 0) is 12.5 Å². The van der Waals surface area contributed by atoms with Crippen molar-refractivity contribution in [3.8, 4) is 0 Å². The minimum atomic E-state index is -0.902. The molecule has 4 atom stereocenters. The fourth-order valence-electron chi connectivity index (χ4n) is 1.27. The topological polar surface area (TPSA) is 68.2 Å². The molecule has 0 aromatic rings. The summed E-state index contributed by atoms with van der Waals surface area (Å²) >= 11 is 1.71. The van der Waals surface area contributed by atoms with E-state index in [1.165, 1.54) is 7.11 Å². The van der Waals surface area contributed by atoms with Gasteiger partial charge in [0.1, 0.15) is 35.2 Å². The van der Waals surface area contributed by atoms with Crippen LogP contribution in [0, 0.1) is 0 Å². The zero-order valence-electron chi connectivity index (χ0n) is 7.22. The number of rotatable bonds is 3. The van der Waals surface area contributed by atoms with Gasteiger partial charge in [-0.3, -0.25) is 0 Å². The molecule has 78 valence electrons. The third kappa shape index (κ3) is 3.00. The van der Waals surface area contributed by atoms with Gasteiger partial charge in [-0.1, -0.05) is 0 Å². The molecule has 0 amide bonds. The number of aliphatic hydroxyl groups is 2. The van der Waals surface area contributed by atoms with Crippen molar-refractivity contribution in [1.29, 1.82) is 0 Å². The number of halogens is 1. The third-order valence-electron chi connectivity index (χ3n) is 2.03. The molecule has 1 aliphatic heterocycles. The summed E-state index contributed by atoms with van der Waals surface area (Å²) in [4.78, 5) is 0. The average molecular weight is 304 g/mol. The van der Waals surface area contributed by atoms with E-state index >= 15 is 0 Å². The van der Waals surface area contributed by atoms with Crippen molar-refractivity contribution in [1.82, 2.24) is 0 Å². The van der Waals surface area contributed by atoms with E-state index < -0.39 is 24.6 Å². The fraction of sp³-hybridized carbons (Fsp3) is 1.00. The Kier molecular flexibility index (Phi) is 4.84. The van der Waals surface area contributed by atoms with Crippen molar-refractivity contribution in [3.05, 3.63) is 0 Å². The lowest BCUT2D eigenvalue weighted by Gasteiger charge is -2.35. The molecule has 1 saturated heterocycles. The van der Waals surface area contributed by atoms with Crippen LogP contribution in [0.5, 0.6) is 0 Å². The molecule has 5 nitrogen and oxygen atoms in total. The molecule has 13 heavy (non-hydrogen) atoms. The minimum Gasteiger partial charge on any atom is -0.390 e. The standard InChI is InChI=1S/C7H13IO5/c1-11-6-2-4(9)7(10)5(13-6)3-12-8/h4-7,9-10H,2-3H2,1H3/t4?,5?,6-,7-/m0/s1. The maximum atomic E-state index is 9.47. The molecule has 1 aliphatic rings. The molecular weight excluding hydrogens is 291 g/mol. The quantitative estimate of drug-likeness (QED) is 0.709. The summed E-state index contributed by atoms with van der Waals surface area (Å²) in [6.07, 6.45) is -2.41. The van der Waals surface area contributed by atoms with Gasteiger partial charge in [-0.2, -0.15) is 0 Å². The molecule has 2 unspecified atom stereocenters. The Bertz CT molecular complexity index is 156. The Morgan fingerprint density at radius 2 is 2.23 bits per heavy atom. The highest BCUT2D eigenvalue weighted by atomic mass is 127. The SMILES string of the molecule is CO[C@@H]1CC(O)[C@H](O)C(COI)O1. The molecule has 0 aliphatic carbocycles. The van der Waals surface area contributed by atoms with Crippen molar-refractivity contribution < 1.29 is 22.8 Å². The largest absolute Gasteiger partial charge is 0.390 e. The summed E-state index contributed by atoms with van der Waals surface area (Å²) in [5, 5.41) is 18.9. The van der Waals surface area contributed by atoms with Gasteiger partial charge in [-0.05, 0) is 0 Å². The summed E-state index contributed by atoms with van der Waals surface area (Å²) < 4.78 is 15.0. The number of hydrogen-bond donors (Lipinski definition) is 2. The van der Waals surface area contributed by atoms with Crippen LogP contribution in [0.2, 0.25) is 0 Å². The van der Waals surface area contributed by atoms with E-state index in [-0.39, 0.29) is 13.0 Å². The van der Waals surface area contributed by atoms with Crippen LogP contribution in [0.25, 0.3) is 0 Å². The van der Waals surface area contributed by atoms with E-state index in [9.17, 15) is 10.2 Å². The molecule has 1 heterocycles. The molecule has 1 fully saturated rings. The molecule has 6 heteroatoms. The van der Waals surface area contributed by atoms with Gasteiger partial charge in [0.05, 0.1) is 12.7 Å². The molecule has 0 radical (unpaired) electrons. The summed E-state index contributed by atoms with van der Waals surface area (Å²) in [6.45, 7) is 0.235. The van der Waals surface area contributed by atoms with Crippen LogP contribution >= 0.6 is 23.0 Å². The molecule has 0 spiro atoms. The van der Waals surface area contributed by atoms with Crippen LogP contribution in [0.15, 0.2) is 0 Å². The van der Waals surface area contributed by atoms with E-state index in [4.69, 9.17) is 12.5 Å². The fourth-order valence-corrected chi connectivity index (χ4v) is 1.62. The minimum absolute atomic E-state index is 0.235. The normalized spacial score (nSPS) is 40.6. The second kappa shape index (κ2) is 5.42. The summed E-state index contributed by atoms with van der Waals surface area (Å²) in [6, 6.07) is 0. The lowest BCUT2D eigenvalue weighted by molar-refractivity contribution is -0.245. The molecule has 0 aromatic carbocycles. The zero-order chi connectivity index (χ0) is 9.84. The molecule has 0 saturated carbocycles. The van der Waals surface area contributed by atoms with Gasteiger partial charge in [0.15, 0.2) is 6.29 Å². The van der Waals surface area contributed by atoms with Crippen LogP contribution in [0.1, 0.15) is 6.42 Å². The monoisotopic (exact) mass is 304 g/mol. The van der Waals surface area contributed by atoms with Crippen LogP contribution in [0.4, 0.5) is 0 Å². The maximum Gasteiger partial charge on any atom is 0.160 e. The van der Waals surface area contributed by atoms with E-state index in [1.807, 2.05) is 0 Å². The van der Waals surface area contributed by atoms with Crippen molar-refractivity contribution in [3.63, 3.8) is 0 Å². The lowest BCUT2D eigenvalue weighted by atomic mass is 10.0. The van der Waals surface area contributed by atoms with Gasteiger partial charge in [-0.25, -0.2) is 0 Å². The number of aliphatic hydroxyl groups excluding tert-OH is 2. The van der Waals surface area contributed by atoms with Crippen LogP contribution < -0.4 is 0 Å². The smallest absolute Gasteiger partial charge is 0.160 e. The van der Waals surface area contributed by atoms with Gasteiger partial charge in [0.2, 0.25) is 0 Å². The molecule has 0 bridgehead atoms. The number of ether oxygens (including phenoxy) is 2. The predicted octanol–water partition coefficient (Wildman–Crippen LogP) is -0.164. The van der Waals surface area contributed by atoms with E-state index in [0.717, 1.165) is 0 Å². The van der Waals surface area contributed by atoms with Crippen LogP contribution in [0.3, 0.4) is 0 Å². The molecule has 0 aromatic heterocycles. The number of methoxy groups -OCH3 is 1. The second-order valence-corrected chi connectivity index (χ2v) is 3.53. The highest BCUT2D eigenvalue weighted by molar-refractivity contribution is 14.1. The highest BCUT2D eigenvalue weighted by Gasteiger charge is 2.36. The highest BCUT2D eigenvalue weighted by Crippen LogP contribution is 2.21. The molecular formula is C7H13IO5. The van der Waals surface area contributed by atoms with Gasteiger partial charge in [0.25, 0.3) is 0 Å². The van der Waals surface area contributed by atoms with Gasteiger partial charge >= 0.3 is 0 Å². The molecule has 1 rings (SSSR count). The Hall–Kier alpha value is 0.530. The first kappa shape index (κ1) is 11.6. The Morgan fingerprint density at radius 3 is 2.77 bits per heavy atom. The second-order valence-electron chi connectivity index (χ2n) is 2.91. The Morgan fingerprint density at radius 1 is 1.54 bits per heavy atom. The lowest BCUT2D eigenvalue weighted by Crippen LogP contribution is -2.50. The van der Waals surface area contributed by atoms with E-state index in [0.29, 0.717) is 0 Å². The van der Waals surface area contributed by atoms with Crippen molar-refractivity contribution in [2.75, 3.05) is 13.7 Å². The first-order valence-corrected chi connectivity index (χ1v) is 4.85. The van der Waals surface area contributed by atoms with Crippen molar-refractivity contribution in [2.24, 2.45) is 0 Å². The zero-order valence-corrected chi connectivity index (χ0v) is 9.38. The average Bonchev–Trinajstić information content (AvgIpc) is 2.13. The Labute approximate surface area is 90.7 Å². The molecule has 2 N–H and O–H groups in total. The van der Waals surface area contributed by atoms with Gasteiger partial charge in [-0.15, -0.1) is 0 Å². The van der Waals surface area contributed by atoms with E-state index in [1.54, 1.807) is 23.0 Å². The maximum absolute atomic E-state index is 9.47. The summed E-state index contributed by atoms with van der Waals surface area (Å²) in [5.74, 6) is 0. The van der Waals surface area contributed by atoms with Crippen molar-refractivity contribution >= 4 is 23.0 Å².